The van der Waals surface area contributed by atoms with Gasteiger partial charge in [0, 0.05) is 20.6 Å². The molecular weight excluding hydrogens is 333 g/mol. The van der Waals surface area contributed by atoms with Crippen molar-refractivity contribution in [3.05, 3.63) is 41.2 Å². The van der Waals surface area contributed by atoms with Crippen LogP contribution in [0.4, 0.5) is 25.1 Å². The van der Waals surface area contributed by atoms with Gasteiger partial charge in [-0.15, -0.1) is 0 Å². The fourth-order valence-electron chi connectivity index (χ4n) is 2.21. The molecule has 1 aromatic carbocycles. The molecule has 0 fully saturated rings. The molecule has 1 unspecified atom stereocenters. The van der Waals surface area contributed by atoms with E-state index in [-0.39, 0.29) is 12.0 Å². The lowest BCUT2D eigenvalue weighted by Gasteiger charge is -2.24. The van der Waals surface area contributed by atoms with E-state index >= 15 is 0 Å². The summed E-state index contributed by atoms with van der Waals surface area (Å²) in [5.41, 5.74) is 5.83. The summed E-state index contributed by atoms with van der Waals surface area (Å²) >= 11 is 0. The molecule has 6 nitrogen and oxygen atoms in total. The van der Waals surface area contributed by atoms with Crippen molar-refractivity contribution in [2.75, 3.05) is 31.8 Å². The van der Waals surface area contributed by atoms with E-state index in [2.05, 4.69) is 15.0 Å². The molecule has 1 atom stereocenters. The van der Waals surface area contributed by atoms with E-state index in [0.717, 1.165) is 17.7 Å². The summed E-state index contributed by atoms with van der Waals surface area (Å²) in [4.78, 5) is 16.2. The average Bonchev–Trinajstić information content (AvgIpc) is 2.53. The number of nitrogen functional groups attached to an aromatic ring is 1. The molecule has 0 aliphatic heterocycles. The van der Waals surface area contributed by atoms with E-state index in [1.54, 1.807) is 19.0 Å². The molecule has 0 saturated heterocycles. The van der Waals surface area contributed by atoms with Crippen LogP contribution in [-0.4, -0.2) is 41.0 Å². The molecule has 1 aromatic heterocycles. The molecule has 0 aliphatic carbocycles. The lowest BCUT2D eigenvalue weighted by atomic mass is 10.1. The lowest BCUT2D eigenvalue weighted by molar-refractivity contribution is -0.137. The highest BCUT2D eigenvalue weighted by Crippen LogP contribution is 2.29. The van der Waals surface area contributed by atoms with Crippen LogP contribution in [0.5, 0.6) is 0 Å². The second kappa shape index (κ2) is 7.22. The molecule has 2 rings (SSSR count). The topological polar surface area (TPSA) is 71.2 Å². The third-order valence-corrected chi connectivity index (χ3v) is 3.81. The van der Waals surface area contributed by atoms with Gasteiger partial charge in [-0.05, 0) is 31.7 Å². The van der Waals surface area contributed by atoms with Crippen LogP contribution in [0.25, 0.3) is 0 Å². The Labute approximate surface area is 144 Å². The van der Waals surface area contributed by atoms with Gasteiger partial charge in [0.2, 0.25) is 11.9 Å². The largest absolute Gasteiger partial charge is 0.416 e. The van der Waals surface area contributed by atoms with Crippen LogP contribution >= 0.6 is 0 Å². The number of nitrogens with two attached hydrogens (primary N) is 1. The normalized spacial score (nSPS) is 13.1. The highest BCUT2D eigenvalue weighted by Gasteiger charge is 2.30. The molecule has 9 heteroatoms. The Bertz CT molecular complexity index is 715. The molecule has 1 heterocycles. The van der Waals surface area contributed by atoms with Crippen LogP contribution in [0, 0.1) is 0 Å². The highest BCUT2D eigenvalue weighted by molar-refractivity contribution is 5.33. The third kappa shape index (κ3) is 4.79. The number of rotatable bonds is 5. The number of anilines is 2. The summed E-state index contributed by atoms with van der Waals surface area (Å²) < 4.78 is 37.9. The summed E-state index contributed by atoms with van der Waals surface area (Å²) in [6.07, 6.45) is -4.33. The third-order valence-electron chi connectivity index (χ3n) is 3.81. The van der Waals surface area contributed by atoms with E-state index in [4.69, 9.17) is 5.73 Å². The number of benzene rings is 1. The van der Waals surface area contributed by atoms with Crippen LogP contribution in [-0.2, 0) is 12.7 Å². The Balaban J connectivity index is 2.14. The Morgan fingerprint density at radius 3 is 2.16 bits per heavy atom. The highest BCUT2D eigenvalue weighted by atomic mass is 19.4. The maximum Gasteiger partial charge on any atom is 0.416 e. The first kappa shape index (κ1) is 18.9. The Morgan fingerprint density at radius 2 is 1.64 bits per heavy atom. The zero-order chi connectivity index (χ0) is 18.8. The SMILES string of the molecule is CC(c1nc(N)nc(N(C)C)n1)N(C)Cc1ccc(C(F)(F)F)cc1. The minimum absolute atomic E-state index is 0.128. The van der Waals surface area contributed by atoms with Crippen molar-refractivity contribution >= 4 is 11.9 Å². The first-order valence-electron chi connectivity index (χ1n) is 7.63. The molecule has 0 spiro atoms. The van der Waals surface area contributed by atoms with Crippen LogP contribution in [0.1, 0.15) is 29.9 Å². The van der Waals surface area contributed by atoms with Gasteiger partial charge >= 0.3 is 6.18 Å². The summed E-state index contributed by atoms with van der Waals surface area (Å²) in [6, 6.07) is 4.92. The Morgan fingerprint density at radius 1 is 1.04 bits per heavy atom. The maximum absolute atomic E-state index is 12.6. The number of hydrogen-bond donors (Lipinski definition) is 1. The molecule has 25 heavy (non-hydrogen) atoms. The maximum atomic E-state index is 12.6. The summed E-state index contributed by atoms with van der Waals surface area (Å²) in [5.74, 6) is 1.09. The molecule has 0 saturated carbocycles. The first-order chi connectivity index (χ1) is 11.6. The molecule has 0 amide bonds. The van der Waals surface area contributed by atoms with Crippen molar-refractivity contribution in [2.45, 2.75) is 25.7 Å². The fraction of sp³-hybridized carbons (Fsp3) is 0.438. The zero-order valence-corrected chi connectivity index (χ0v) is 14.5. The molecular formula is C16H21F3N6. The van der Waals surface area contributed by atoms with E-state index in [1.807, 2.05) is 18.9 Å². The second-order valence-corrected chi connectivity index (χ2v) is 6.03. The van der Waals surface area contributed by atoms with Gasteiger partial charge < -0.3 is 10.6 Å². The Hall–Kier alpha value is -2.42. The molecule has 2 N–H and O–H groups in total. The predicted molar refractivity (Wildman–Crippen MR) is 89.9 cm³/mol. The Kier molecular flexibility index (Phi) is 5.46. The number of aromatic nitrogens is 3. The van der Waals surface area contributed by atoms with E-state index in [9.17, 15) is 13.2 Å². The smallest absolute Gasteiger partial charge is 0.368 e. The molecule has 0 aliphatic rings. The van der Waals surface area contributed by atoms with Crippen molar-refractivity contribution < 1.29 is 13.2 Å². The first-order valence-corrected chi connectivity index (χ1v) is 7.63. The van der Waals surface area contributed by atoms with Gasteiger partial charge in [-0.2, -0.15) is 28.1 Å². The number of nitrogens with zero attached hydrogens (tertiary/aromatic N) is 5. The summed E-state index contributed by atoms with van der Waals surface area (Å²) in [6.45, 7) is 2.35. The van der Waals surface area contributed by atoms with Crippen LogP contribution < -0.4 is 10.6 Å². The van der Waals surface area contributed by atoms with Crippen LogP contribution in [0.3, 0.4) is 0 Å². The van der Waals surface area contributed by atoms with Crippen molar-refractivity contribution in [1.29, 1.82) is 0 Å². The molecule has 2 aromatic rings. The molecule has 0 radical (unpaired) electrons. The van der Waals surface area contributed by atoms with E-state index < -0.39 is 11.7 Å². The van der Waals surface area contributed by atoms with Crippen LogP contribution in [0.2, 0.25) is 0 Å². The average molecular weight is 354 g/mol. The minimum atomic E-state index is -4.33. The van der Waals surface area contributed by atoms with Gasteiger partial charge in [0.05, 0.1) is 11.6 Å². The molecule has 0 bridgehead atoms. The lowest BCUT2D eigenvalue weighted by Crippen LogP contribution is -2.25. The van der Waals surface area contributed by atoms with Gasteiger partial charge in [-0.3, -0.25) is 4.90 Å². The molecule has 136 valence electrons. The number of alkyl halides is 3. The predicted octanol–water partition coefficient (Wildman–Crippen LogP) is 2.73. The second-order valence-electron chi connectivity index (χ2n) is 6.03. The van der Waals surface area contributed by atoms with Crippen molar-refractivity contribution in [3.8, 4) is 0 Å². The quantitative estimate of drug-likeness (QED) is 0.890. The van der Waals surface area contributed by atoms with Gasteiger partial charge in [-0.25, -0.2) is 0 Å². The van der Waals surface area contributed by atoms with E-state index in [1.165, 1.54) is 12.1 Å². The monoisotopic (exact) mass is 354 g/mol. The van der Waals surface area contributed by atoms with Gasteiger partial charge in [0.1, 0.15) is 0 Å². The standard InChI is InChI=1S/C16H21F3N6/c1-10(13-21-14(20)23-15(22-13)24(2)3)25(4)9-11-5-7-12(8-6-11)16(17,18)19/h5-8,10H,9H2,1-4H3,(H2,20,21,22,23). The zero-order valence-electron chi connectivity index (χ0n) is 14.5. The van der Waals surface area contributed by atoms with Gasteiger partial charge in [0.15, 0.2) is 5.82 Å². The van der Waals surface area contributed by atoms with Gasteiger partial charge in [0.25, 0.3) is 0 Å². The van der Waals surface area contributed by atoms with Crippen LogP contribution in [0.15, 0.2) is 24.3 Å². The van der Waals surface area contributed by atoms with Crippen molar-refractivity contribution in [3.63, 3.8) is 0 Å². The number of halogens is 3. The minimum Gasteiger partial charge on any atom is -0.368 e. The number of hydrogen-bond acceptors (Lipinski definition) is 6. The fourth-order valence-corrected chi connectivity index (χ4v) is 2.21. The summed E-state index contributed by atoms with van der Waals surface area (Å²) in [7, 11) is 5.45. The van der Waals surface area contributed by atoms with E-state index in [0.29, 0.717) is 18.3 Å². The summed E-state index contributed by atoms with van der Waals surface area (Å²) in [5, 5.41) is 0. The van der Waals surface area contributed by atoms with Gasteiger partial charge in [-0.1, -0.05) is 12.1 Å². The van der Waals surface area contributed by atoms with Crippen molar-refractivity contribution in [1.82, 2.24) is 19.9 Å². The van der Waals surface area contributed by atoms with Crippen molar-refractivity contribution in [2.24, 2.45) is 0 Å².